The van der Waals surface area contributed by atoms with Crippen LogP contribution in [0.3, 0.4) is 0 Å². The number of nitrogen functional groups attached to an aromatic ring is 1. The number of ether oxygens (including phenoxy) is 1. The molecule has 1 unspecified atom stereocenters. The Labute approximate surface area is 146 Å². The molecule has 1 heterocycles. The maximum atomic E-state index is 12.3. The van der Waals surface area contributed by atoms with Crippen molar-refractivity contribution in [1.29, 1.82) is 0 Å². The summed E-state index contributed by atoms with van der Waals surface area (Å²) in [6, 6.07) is 13.3. The minimum Gasteiger partial charge on any atom is -0.491 e. The van der Waals surface area contributed by atoms with Gasteiger partial charge in [-0.3, -0.25) is 0 Å². The van der Waals surface area contributed by atoms with Crippen molar-refractivity contribution in [3.8, 4) is 17.0 Å². The molecular weight excluding hydrogens is 319 g/mol. The summed E-state index contributed by atoms with van der Waals surface area (Å²) in [6.45, 7) is 3.12. The number of alkyl halides is 1. The number of benzene rings is 2. The zero-order valence-electron chi connectivity index (χ0n) is 14.3. The van der Waals surface area contributed by atoms with E-state index < -0.39 is 12.8 Å². The van der Waals surface area contributed by atoms with Gasteiger partial charge in [-0.2, -0.15) is 0 Å². The van der Waals surface area contributed by atoms with E-state index in [1.54, 1.807) is 12.1 Å². The predicted molar refractivity (Wildman–Crippen MR) is 98.5 cm³/mol. The molecule has 0 bridgehead atoms. The zero-order valence-corrected chi connectivity index (χ0v) is 14.3. The molecule has 0 spiro atoms. The molecule has 2 aromatic carbocycles. The SMILES string of the molecule is Cc1c(N)ccc(-c2ccc3ccc(OCC(O)CF)cc3n2)c1C. The van der Waals surface area contributed by atoms with Gasteiger partial charge in [0.05, 0.1) is 11.2 Å². The van der Waals surface area contributed by atoms with Crippen molar-refractivity contribution in [3.05, 3.63) is 53.6 Å². The van der Waals surface area contributed by atoms with Gasteiger partial charge >= 0.3 is 0 Å². The van der Waals surface area contributed by atoms with Crippen molar-refractivity contribution in [3.63, 3.8) is 0 Å². The quantitative estimate of drug-likeness (QED) is 0.693. The fourth-order valence-corrected chi connectivity index (χ4v) is 2.69. The molecule has 5 heteroatoms. The van der Waals surface area contributed by atoms with Crippen LogP contribution in [0.5, 0.6) is 5.75 Å². The van der Waals surface area contributed by atoms with E-state index in [4.69, 9.17) is 15.5 Å². The fourth-order valence-electron chi connectivity index (χ4n) is 2.69. The molecular formula is C20H21FN2O2. The Hall–Kier alpha value is -2.66. The molecule has 0 aliphatic heterocycles. The predicted octanol–water partition coefficient (Wildman–Crippen LogP) is 3.81. The van der Waals surface area contributed by atoms with Crippen molar-refractivity contribution in [2.45, 2.75) is 20.0 Å². The first-order chi connectivity index (χ1) is 12.0. The molecule has 1 atom stereocenters. The first-order valence-corrected chi connectivity index (χ1v) is 8.13. The highest BCUT2D eigenvalue weighted by molar-refractivity contribution is 5.83. The Bertz CT molecular complexity index is 912. The Balaban J connectivity index is 1.97. The molecule has 3 rings (SSSR count). The second-order valence-electron chi connectivity index (χ2n) is 6.12. The Morgan fingerprint density at radius 2 is 1.88 bits per heavy atom. The lowest BCUT2D eigenvalue weighted by atomic mass is 9.98. The second-order valence-corrected chi connectivity index (χ2v) is 6.12. The van der Waals surface area contributed by atoms with Gasteiger partial charge in [-0.1, -0.05) is 12.1 Å². The van der Waals surface area contributed by atoms with Crippen LogP contribution < -0.4 is 10.5 Å². The van der Waals surface area contributed by atoms with Crippen LogP contribution in [0.4, 0.5) is 10.1 Å². The van der Waals surface area contributed by atoms with Gasteiger partial charge in [0.15, 0.2) is 0 Å². The highest BCUT2D eigenvalue weighted by Gasteiger charge is 2.10. The van der Waals surface area contributed by atoms with Gasteiger partial charge in [0.2, 0.25) is 0 Å². The molecule has 0 fully saturated rings. The summed E-state index contributed by atoms with van der Waals surface area (Å²) in [5.74, 6) is 0.551. The minimum absolute atomic E-state index is 0.0854. The second kappa shape index (κ2) is 7.07. The molecule has 25 heavy (non-hydrogen) atoms. The van der Waals surface area contributed by atoms with Crippen LogP contribution in [-0.2, 0) is 0 Å². The van der Waals surface area contributed by atoms with Gasteiger partial charge < -0.3 is 15.6 Å². The average molecular weight is 340 g/mol. The largest absolute Gasteiger partial charge is 0.491 e. The summed E-state index contributed by atoms with van der Waals surface area (Å²) in [7, 11) is 0. The number of anilines is 1. The van der Waals surface area contributed by atoms with Crippen LogP contribution in [0.15, 0.2) is 42.5 Å². The van der Waals surface area contributed by atoms with Crippen LogP contribution in [0, 0.1) is 13.8 Å². The van der Waals surface area contributed by atoms with E-state index in [2.05, 4.69) is 0 Å². The lowest BCUT2D eigenvalue weighted by molar-refractivity contribution is 0.0842. The first kappa shape index (κ1) is 17.2. The van der Waals surface area contributed by atoms with Crippen molar-refractivity contribution in [2.24, 2.45) is 0 Å². The van der Waals surface area contributed by atoms with Crippen molar-refractivity contribution < 1.29 is 14.2 Å². The molecule has 3 N–H and O–H groups in total. The highest BCUT2D eigenvalue weighted by atomic mass is 19.1. The maximum absolute atomic E-state index is 12.3. The minimum atomic E-state index is -1.12. The van der Waals surface area contributed by atoms with E-state index in [1.807, 2.05) is 44.2 Å². The van der Waals surface area contributed by atoms with E-state index in [0.29, 0.717) is 5.75 Å². The van der Waals surface area contributed by atoms with Crippen molar-refractivity contribution in [1.82, 2.24) is 4.98 Å². The third-order valence-corrected chi connectivity index (χ3v) is 4.39. The van der Waals surface area contributed by atoms with Crippen LogP contribution >= 0.6 is 0 Å². The van der Waals surface area contributed by atoms with Crippen LogP contribution in [0.25, 0.3) is 22.2 Å². The van der Waals surface area contributed by atoms with Crippen molar-refractivity contribution >= 4 is 16.6 Å². The number of aliphatic hydroxyl groups is 1. The Kier molecular flexibility index (Phi) is 4.86. The van der Waals surface area contributed by atoms with Gasteiger partial charge in [0.25, 0.3) is 0 Å². The lowest BCUT2D eigenvalue weighted by Crippen LogP contribution is -2.19. The molecule has 3 aromatic rings. The fraction of sp³-hybridized carbons (Fsp3) is 0.250. The van der Waals surface area contributed by atoms with E-state index in [9.17, 15) is 9.50 Å². The van der Waals surface area contributed by atoms with E-state index in [0.717, 1.165) is 39.0 Å². The summed E-state index contributed by atoms with van der Waals surface area (Å²) < 4.78 is 17.8. The standard InChI is InChI=1S/C20H21FN2O2/c1-12-13(2)18(22)7-6-17(12)19-8-4-14-3-5-16(9-20(14)23-19)25-11-15(24)10-21/h3-9,15,24H,10-11,22H2,1-2H3. The summed E-state index contributed by atoms with van der Waals surface area (Å²) in [5.41, 5.74) is 11.6. The molecule has 0 aliphatic rings. The number of nitrogens with two attached hydrogens (primary N) is 1. The van der Waals surface area contributed by atoms with Gasteiger partial charge in [0, 0.05) is 22.7 Å². The summed E-state index contributed by atoms with van der Waals surface area (Å²) >= 11 is 0. The molecule has 0 amide bonds. The number of pyridine rings is 1. The summed E-state index contributed by atoms with van der Waals surface area (Å²) in [6.07, 6.45) is -1.12. The van der Waals surface area contributed by atoms with Crippen molar-refractivity contribution in [2.75, 3.05) is 19.0 Å². The van der Waals surface area contributed by atoms with Gasteiger partial charge in [0.1, 0.15) is 25.1 Å². The smallest absolute Gasteiger partial charge is 0.121 e. The van der Waals surface area contributed by atoms with Gasteiger partial charge in [-0.15, -0.1) is 0 Å². The van der Waals surface area contributed by atoms with Crippen LogP contribution in [0.1, 0.15) is 11.1 Å². The molecule has 4 nitrogen and oxygen atoms in total. The average Bonchev–Trinajstić information content (AvgIpc) is 2.63. The number of rotatable bonds is 5. The normalized spacial score (nSPS) is 12.3. The highest BCUT2D eigenvalue weighted by Crippen LogP contribution is 2.29. The molecule has 0 saturated heterocycles. The molecule has 0 aliphatic carbocycles. The van der Waals surface area contributed by atoms with Crippen LogP contribution in [0.2, 0.25) is 0 Å². The number of halogens is 1. The third kappa shape index (κ3) is 3.56. The van der Waals surface area contributed by atoms with E-state index >= 15 is 0 Å². The number of hydrogen-bond donors (Lipinski definition) is 2. The van der Waals surface area contributed by atoms with E-state index in [1.165, 1.54) is 0 Å². The summed E-state index contributed by atoms with van der Waals surface area (Å²) in [4.78, 5) is 4.73. The first-order valence-electron chi connectivity index (χ1n) is 8.13. The number of hydrogen-bond acceptors (Lipinski definition) is 4. The molecule has 130 valence electrons. The topological polar surface area (TPSA) is 68.4 Å². The monoisotopic (exact) mass is 340 g/mol. The number of aromatic nitrogens is 1. The molecule has 0 saturated carbocycles. The zero-order chi connectivity index (χ0) is 18.0. The molecule has 1 aromatic heterocycles. The van der Waals surface area contributed by atoms with E-state index in [-0.39, 0.29) is 6.61 Å². The summed E-state index contributed by atoms with van der Waals surface area (Å²) in [5, 5.41) is 10.3. The van der Waals surface area contributed by atoms with Gasteiger partial charge in [-0.05, 0) is 49.2 Å². The number of fused-ring (bicyclic) bond motifs is 1. The lowest BCUT2D eigenvalue weighted by Gasteiger charge is -2.12. The maximum Gasteiger partial charge on any atom is 0.121 e. The van der Waals surface area contributed by atoms with Crippen LogP contribution in [-0.4, -0.2) is 29.5 Å². The third-order valence-electron chi connectivity index (χ3n) is 4.39. The number of aliphatic hydroxyl groups excluding tert-OH is 1. The molecule has 0 radical (unpaired) electrons. The van der Waals surface area contributed by atoms with Gasteiger partial charge in [-0.25, -0.2) is 9.37 Å². The Morgan fingerprint density at radius 3 is 2.64 bits per heavy atom. The number of nitrogens with zero attached hydrogens (tertiary/aromatic N) is 1. The Morgan fingerprint density at radius 1 is 1.12 bits per heavy atom.